The summed E-state index contributed by atoms with van der Waals surface area (Å²) < 4.78 is 7.63. The van der Waals surface area contributed by atoms with Gasteiger partial charge in [-0.2, -0.15) is 0 Å². The Hall–Kier alpha value is -1.08. The molecule has 0 fully saturated rings. The number of aliphatic hydroxyl groups is 1. The molecule has 0 aliphatic carbocycles. The number of nitrogens with zero attached hydrogens (tertiary/aromatic N) is 2. The maximum Gasteiger partial charge on any atom is 0.407 e. The molecule has 0 aromatic carbocycles. The molecule has 1 atom stereocenters. The van der Waals surface area contributed by atoms with Crippen molar-refractivity contribution in [2.24, 2.45) is 7.05 Å². The van der Waals surface area contributed by atoms with Crippen molar-refractivity contribution < 1.29 is 14.6 Å². The Morgan fingerprint density at radius 2 is 2.44 bits per heavy atom. The first-order chi connectivity index (χ1) is 8.49. The van der Waals surface area contributed by atoms with Crippen molar-refractivity contribution in [3.8, 4) is 0 Å². The van der Waals surface area contributed by atoms with E-state index >= 15 is 0 Å². The summed E-state index contributed by atoms with van der Waals surface area (Å²) >= 11 is 3.28. The molecule has 0 saturated carbocycles. The molecule has 1 rings (SSSR count). The van der Waals surface area contributed by atoms with Crippen LogP contribution in [0, 0.1) is 0 Å². The van der Waals surface area contributed by atoms with Crippen LogP contribution in [0.4, 0.5) is 4.79 Å². The van der Waals surface area contributed by atoms with Gasteiger partial charge in [0.05, 0.1) is 6.10 Å². The van der Waals surface area contributed by atoms with Gasteiger partial charge in [0.2, 0.25) is 0 Å². The van der Waals surface area contributed by atoms with E-state index in [1.165, 1.54) is 0 Å². The van der Waals surface area contributed by atoms with Crippen molar-refractivity contribution in [1.29, 1.82) is 0 Å². The van der Waals surface area contributed by atoms with Crippen molar-refractivity contribution in [3.63, 3.8) is 0 Å². The molecule has 1 amide bonds. The standard InChI is InChI=1S/C11H18BrN3O3/c1-8(16)3-5-13-11(17)18-6-4-10-14-9(12)7-15(10)2/h7-8,16H,3-6H2,1-2H3,(H,13,17)/t8-/m0/s1. The highest BCUT2D eigenvalue weighted by atomic mass is 79.9. The average molecular weight is 320 g/mol. The summed E-state index contributed by atoms with van der Waals surface area (Å²) in [6.45, 7) is 2.36. The number of aliphatic hydroxyl groups excluding tert-OH is 1. The second-order valence-electron chi connectivity index (χ2n) is 4.04. The molecule has 0 unspecified atom stereocenters. The number of aromatic nitrogens is 2. The van der Waals surface area contributed by atoms with Crippen molar-refractivity contribution in [2.45, 2.75) is 25.9 Å². The molecular formula is C11H18BrN3O3. The normalized spacial score (nSPS) is 12.2. The van der Waals surface area contributed by atoms with Crippen LogP contribution in [0.2, 0.25) is 0 Å². The maximum atomic E-state index is 11.3. The number of hydrogen-bond acceptors (Lipinski definition) is 4. The molecule has 18 heavy (non-hydrogen) atoms. The number of aryl methyl sites for hydroxylation is 1. The zero-order valence-corrected chi connectivity index (χ0v) is 12.1. The lowest BCUT2D eigenvalue weighted by Gasteiger charge is -2.07. The predicted octanol–water partition coefficient (Wildman–Crippen LogP) is 1.22. The molecule has 0 radical (unpaired) electrons. The SMILES string of the molecule is C[C@H](O)CCNC(=O)OCCc1nc(Br)cn1C. The van der Waals surface area contributed by atoms with Crippen LogP contribution in [0.5, 0.6) is 0 Å². The van der Waals surface area contributed by atoms with Crippen LogP contribution in [-0.4, -0.2) is 40.0 Å². The molecular weight excluding hydrogens is 302 g/mol. The van der Waals surface area contributed by atoms with Gasteiger partial charge in [-0.15, -0.1) is 0 Å². The monoisotopic (exact) mass is 319 g/mol. The average Bonchev–Trinajstić information content (AvgIpc) is 2.57. The molecule has 0 aliphatic heterocycles. The van der Waals surface area contributed by atoms with Crippen LogP contribution < -0.4 is 5.32 Å². The fraction of sp³-hybridized carbons (Fsp3) is 0.636. The lowest BCUT2D eigenvalue weighted by Crippen LogP contribution is -2.28. The van der Waals surface area contributed by atoms with Crippen LogP contribution in [0.1, 0.15) is 19.2 Å². The van der Waals surface area contributed by atoms with Gasteiger partial charge in [-0.05, 0) is 29.3 Å². The number of amides is 1. The van der Waals surface area contributed by atoms with Gasteiger partial charge >= 0.3 is 6.09 Å². The summed E-state index contributed by atoms with van der Waals surface area (Å²) in [5.74, 6) is 0.846. The van der Waals surface area contributed by atoms with E-state index in [9.17, 15) is 4.79 Å². The van der Waals surface area contributed by atoms with Gasteiger partial charge in [-0.25, -0.2) is 9.78 Å². The second kappa shape index (κ2) is 7.38. The Morgan fingerprint density at radius 3 is 3.00 bits per heavy atom. The molecule has 0 bridgehead atoms. The van der Waals surface area contributed by atoms with Gasteiger partial charge in [0.25, 0.3) is 0 Å². The third kappa shape index (κ3) is 5.50. The number of carbonyl (C=O) groups excluding carboxylic acids is 1. The van der Waals surface area contributed by atoms with E-state index in [2.05, 4.69) is 26.2 Å². The molecule has 0 aliphatic rings. The van der Waals surface area contributed by atoms with Gasteiger partial charge in [-0.3, -0.25) is 0 Å². The lowest BCUT2D eigenvalue weighted by atomic mass is 10.3. The van der Waals surface area contributed by atoms with E-state index in [1.807, 2.05) is 17.8 Å². The highest BCUT2D eigenvalue weighted by molar-refractivity contribution is 9.10. The molecule has 102 valence electrons. The Bertz CT molecular complexity index is 393. The largest absolute Gasteiger partial charge is 0.449 e. The minimum absolute atomic E-state index is 0.276. The van der Waals surface area contributed by atoms with Gasteiger partial charge in [-0.1, -0.05) is 0 Å². The first kappa shape index (κ1) is 15.0. The van der Waals surface area contributed by atoms with Gasteiger partial charge in [0, 0.05) is 26.2 Å². The molecule has 0 spiro atoms. The molecule has 0 saturated heterocycles. The number of imidazole rings is 1. The van der Waals surface area contributed by atoms with E-state index < -0.39 is 12.2 Å². The summed E-state index contributed by atoms with van der Waals surface area (Å²) in [6, 6.07) is 0. The number of ether oxygens (including phenoxy) is 1. The first-order valence-electron chi connectivity index (χ1n) is 5.75. The lowest BCUT2D eigenvalue weighted by molar-refractivity contribution is 0.142. The summed E-state index contributed by atoms with van der Waals surface area (Å²) in [6.07, 6.45) is 2.03. The van der Waals surface area contributed by atoms with Crippen LogP contribution in [0.3, 0.4) is 0 Å². The van der Waals surface area contributed by atoms with Crippen LogP contribution in [0.15, 0.2) is 10.8 Å². The van der Waals surface area contributed by atoms with E-state index in [4.69, 9.17) is 9.84 Å². The first-order valence-corrected chi connectivity index (χ1v) is 6.54. The zero-order chi connectivity index (χ0) is 13.5. The molecule has 2 N–H and O–H groups in total. The van der Waals surface area contributed by atoms with E-state index in [0.717, 1.165) is 10.4 Å². The number of rotatable bonds is 6. The predicted molar refractivity (Wildman–Crippen MR) is 70.3 cm³/mol. The van der Waals surface area contributed by atoms with E-state index in [-0.39, 0.29) is 6.61 Å². The van der Waals surface area contributed by atoms with E-state index in [1.54, 1.807) is 6.92 Å². The number of nitrogens with one attached hydrogen (secondary N) is 1. The smallest absolute Gasteiger partial charge is 0.407 e. The topological polar surface area (TPSA) is 76.4 Å². The Labute approximate surface area is 114 Å². The van der Waals surface area contributed by atoms with Gasteiger partial charge in [0.15, 0.2) is 0 Å². The minimum Gasteiger partial charge on any atom is -0.449 e. The minimum atomic E-state index is -0.469. The van der Waals surface area contributed by atoms with Crippen molar-refractivity contribution in [1.82, 2.24) is 14.9 Å². The summed E-state index contributed by atoms with van der Waals surface area (Å²) in [7, 11) is 1.88. The summed E-state index contributed by atoms with van der Waals surface area (Å²) in [5, 5.41) is 11.6. The molecule has 1 aromatic rings. The summed E-state index contributed by atoms with van der Waals surface area (Å²) in [4.78, 5) is 15.5. The van der Waals surface area contributed by atoms with Crippen molar-refractivity contribution in [3.05, 3.63) is 16.6 Å². The van der Waals surface area contributed by atoms with Crippen LogP contribution in [0.25, 0.3) is 0 Å². The third-order valence-corrected chi connectivity index (χ3v) is 2.72. The Balaban J connectivity index is 2.17. The highest BCUT2D eigenvalue weighted by Crippen LogP contribution is 2.08. The van der Waals surface area contributed by atoms with Crippen molar-refractivity contribution in [2.75, 3.05) is 13.2 Å². The van der Waals surface area contributed by atoms with Gasteiger partial charge < -0.3 is 19.7 Å². The highest BCUT2D eigenvalue weighted by Gasteiger charge is 2.06. The Kier molecular flexibility index (Phi) is 6.14. The molecule has 7 heteroatoms. The fourth-order valence-electron chi connectivity index (χ4n) is 1.37. The maximum absolute atomic E-state index is 11.3. The quantitative estimate of drug-likeness (QED) is 0.826. The summed E-state index contributed by atoms with van der Waals surface area (Å²) in [5.41, 5.74) is 0. The third-order valence-electron chi connectivity index (χ3n) is 2.33. The number of halogens is 1. The second-order valence-corrected chi connectivity index (χ2v) is 4.85. The number of carbonyl (C=O) groups is 1. The van der Waals surface area contributed by atoms with Crippen LogP contribution >= 0.6 is 15.9 Å². The van der Waals surface area contributed by atoms with E-state index in [0.29, 0.717) is 19.4 Å². The molecule has 6 nitrogen and oxygen atoms in total. The molecule has 1 aromatic heterocycles. The molecule has 1 heterocycles. The fourth-order valence-corrected chi connectivity index (χ4v) is 1.88. The van der Waals surface area contributed by atoms with Crippen molar-refractivity contribution >= 4 is 22.0 Å². The van der Waals surface area contributed by atoms with Gasteiger partial charge in [0.1, 0.15) is 17.0 Å². The number of alkyl carbamates (subject to hydrolysis) is 1. The Morgan fingerprint density at radius 1 is 1.72 bits per heavy atom. The van der Waals surface area contributed by atoms with Crippen LogP contribution in [-0.2, 0) is 18.2 Å². The number of hydrogen-bond donors (Lipinski definition) is 2. The zero-order valence-electron chi connectivity index (χ0n) is 10.5.